The highest BCUT2D eigenvalue weighted by molar-refractivity contribution is 6.00. The fourth-order valence-electron chi connectivity index (χ4n) is 1.74. The van der Waals surface area contributed by atoms with Gasteiger partial charge in [0, 0.05) is 0 Å². The molecular formula is C12H13FO2. The molecule has 1 aromatic carbocycles. The van der Waals surface area contributed by atoms with Crippen molar-refractivity contribution in [2.45, 2.75) is 32.3 Å². The molecule has 0 spiro atoms. The van der Waals surface area contributed by atoms with Crippen molar-refractivity contribution in [1.82, 2.24) is 0 Å². The van der Waals surface area contributed by atoms with Crippen molar-refractivity contribution >= 4 is 5.78 Å². The zero-order chi connectivity index (χ0) is 11.1. The number of ketones is 1. The van der Waals surface area contributed by atoms with Crippen LogP contribution in [-0.2, 0) is 0 Å². The van der Waals surface area contributed by atoms with Crippen LogP contribution in [0.5, 0.6) is 5.75 Å². The summed E-state index contributed by atoms with van der Waals surface area (Å²) in [5, 5.41) is 0. The van der Waals surface area contributed by atoms with Crippen LogP contribution in [0.1, 0.15) is 37.0 Å². The van der Waals surface area contributed by atoms with Gasteiger partial charge in [0.1, 0.15) is 17.2 Å². The van der Waals surface area contributed by atoms with E-state index in [1.165, 1.54) is 18.2 Å². The van der Waals surface area contributed by atoms with E-state index < -0.39 is 11.4 Å². The molecule has 1 aliphatic rings. The van der Waals surface area contributed by atoms with Crippen molar-refractivity contribution < 1.29 is 13.9 Å². The Morgan fingerprint density at radius 2 is 2.27 bits per heavy atom. The van der Waals surface area contributed by atoms with E-state index in [1.54, 1.807) is 0 Å². The van der Waals surface area contributed by atoms with Crippen LogP contribution >= 0.6 is 0 Å². The van der Waals surface area contributed by atoms with E-state index in [0.29, 0.717) is 17.7 Å². The molecule has 0 saturated carbocycles. The van der Waals surface area contributed by atoms with Crippen LogP contribution in [0.3, 0.4) is 0 Å². The number of halogens is 1. The van der Waals surface area contributed by atoms with Crippen molar-refractivity contribution in [3.05, 3.63) is 29.6 Å². The predicted molar refractivity (Wildman–Crippen MR) is 54.7 cm³/mol. The molecule has 0 amide bonds. The summed E-state index contributed by atoms with van der Waals surface area (Å²) < 4.78 is 18.6. The van der Waals surface area contributed by atoms with Gasteiger partial charge in [-0.2, -0.15) is 0 Å². The highest BCUT2D eigenvalue weighted by Crippen LogP contribution is 2.34. The van der Waals surface area contributed by atoms with E-state index in [0.717, 1.165) is 6.42 Å². The number of fused-ring (bicyclic) bond motifs is 1. The molecule has 0 saturated heterocycles. The summed E-state index contributed by atoms with van der Waals surface area (Å²) in [6.45, 7) is 3.87. The lowest BCUT2D eigenvalue weighted by atomic mass is 9.89. The largest absolute Gasteiger partial charge is 0.486 e. The normalized spacial score (nSPS) is 24.6. The van der Waals surface area contributed by atoms with Gasteiger partial charge >= 0.3 is 0 Å². The Bertz CT molecular complexity index is 414. The second-order valence-electron chi connectivity index (χ2n) is 4.15. The third-order valence-corrected chi connectivity index (χ3v) is 2.88. The van der Waals surface area contributed by atoms with E-state index in [-0.39, 0.29) is 5.78 Å². The first-order chi connectivity index (χ1) is 7.04. The van der Waals surface area contributed by atoms with E-state index in [4.69, 9.17) is 4.74 Å². The molecule has 0 N–H and O–H groups in total. The number of carbonyl (C=O) groups excluding carboxylic acids is 1. The Labute approximate surface area is 88.1 Å². The molecule has 2 rings (SSSR count). The van der Waals surface area contributed by atoms with Gasteiger partial charge in [-0.25, -0.2) is 4.39 Å². The lowest BCUT2D eigenvalue weighted by Crippen LogP contribution is -2.38. The van der Waals surface area contributed by atoms with E-state index in [9.17, 15) is 9.18 Å². The highest BCUT2D eigenvalue weighted by atomic mass is 19.1. The molecule has 1 heterocycles. The molecule has 1 aliphatic heterocycles. The molecule has 0 aliphatic carbocycles. The van der Waals surface area contributed by atoms with Gasteiger partial charge in [-0.15, -0.1) is 0 Å². The zero-order valence-corrected chi connectivity index (χ0v) is 8.84. The highest BCUT2D eigenvalue weighted by Gasteiger charge is 2.34. The van der Waals surface area contributed by atoms with Gasteiger partial charge in [-0.05, 0) is 31.5 Å². The summed E-state index contributed by atoms with van der Waals surface area (Å²) in [7, 11) is 0. The van der Waals surface area contributed by atoms with Gasteiger partial charge in [0.15, 0.2) is 5.78 Å². The number of rotatable bonds is 1. The van der Waals surface area contributed by atoms with Crippen LogP contribution in [0.15, 0.2) is 18.2 Å². The zero-order valence-electron chi connectivity index (χ0n) is 8.84. The number of ether oxygens (including phenoxy) is 1. The molecular weight excluding hydrogens is 195 g/mol. The minimum absolute atomic E-state index is 0.0416. The van der Waals surface area contributed by atoms with Gasteiger partial charge in [-0.1, -0.05) is 6.92 Å². The monoisotopic (exact) mass is 208 g/mol. The van der Waals surface area contributed by atoms with Crippen LogP contribution in [-0.4, -0.2) is 11.4 Å². The molecule has 3 heteroatoms. The third-order valence-electron chi connectivity index (χ3n) is 2.88. The molecule has 0 radical (unpaired) electrons. The smallest absolute Gasteiger partial charge is 0.170 e. The quantitative estimate of drug-likeness (QED) is 0.709. The Kier molecular flexibility index (Phi) is 2.25. The average molecular weight is 208 g/mol. The van der Waals surface area contributed by atoms with Gasteiger partial charge in [0.2, 0.25) is 0 Å². The van der Waals surface area contributed by atoms with Crippen molar-refractivity contribution in [2.24, 2.45) is 0 Å². The molecule has 80 valence electrons. The summed E-state index contributed by atoms with van der Waals surface area (Å²) in [5.74, 6) is 0.0582. The molecule has 0 bridgehead atoms. The Hall–Kier alpha value is -1.38. The number of hydrogen-bond acceptors (Lipinski definition) is 2. The van der Waals surface area contributed by atoms with Gasteiger partial charge in [0.05, 0.1) is 12.0 Å². The first kappa shape index (κ1) is 10.1. The second kappa shape index (κ2) is 3.33. The van der Waals surface area contributed by atoms with E-state index in [1.807, 2.05) is 13.8 Å². The first-order valence-electron chi connectivity index (χ1n) is 5.06. The maximum atomic E-state index is 12.9. The van der Waals surface area contributed by atoms with Crippen LogP contribution in [0, 0.1) is 5.82 Å². The van der Waals surface area contributed by atoms with Crippen LogP contribution < -0.4 is 4.74 Å². The Morgan fingerprint density at radius 3 is 2.93 bits per heavy atom. The van der Waals surface area contributed by atoms with Crippen LogP contribution in [0.4, 0.5) is 4.39 Å². The predicted octanol–water partition coefficient (Wildman–Crippen LogP) is 2.96. The maximum absolute atomic E-state index is 12.9. The molecule has 0 aromatic heterocycles. The lowest BCUT2D eigenvalue weighted by molar-refractivity contribution is 0.0498. The summed E-state index contributed by atoms with van der Waals surface area (Å²) >= 11 is 0. The second-order valence-corrected chi connectivity index (χ2v) is 4.15. The number of carbonyl (C=O) groups is 1. The van der Waals surface area contributed by atoms with Crippen molar-refractivity contribution in [2.75, 3.05) is 0 Å². The summed E-state index contributed by atoms with van der Waals surface area (Å²) in [5.41, 5.74) is -0.0806. The fraction of sp³-hybridized carbons (Fsp3) is 0.417. The number of Topliss-reactive ketones (excluding diaryl/α,β-unsaturated/α-hetero) is 1. The van der Waals surface area contributed by atoms with Crippen LogP contribution in [0.25, 0.3) is 0 Å². The molecule has 1 atom stereocenters. The Balaban J connectivity index is 2.45. The number of benzene rings is 1. The third kappa shape index (κ3) is 1.74. The minimum atomic E-state index is -0.443. The summed E-state index contributed by atoms with van der Waals surface area (Å²) in [4.78, 5) is 11.8. The van der Waals surface area contributed by atoms with Crippen molar-refractivity contribution in [3.8, 4) is 5.75 Å². The fourth-order valence-corrected chi connectivity index (χ4v) is 1.74. The number of hydrogen-bond donors (Lipinski definition) is 0. The average Bonchev–Trinajstić information content (AvgIpc) is 2.20. The minimum Gasteiger partial charge on any atom is -0.486 e. The molecule has 1 unspecified atom stereocenters. The lowest BCUT2D eigenvalue weighted by Gasteiger charge is -2.34. The van der Waals surface area contributed by atoms with Crippen molar-refractivity contribution in [1.29, 1.82) is 0 Å². The van der Waals surface area contributed by atoms with E-state index in [2.05, 4.69) is 0 Å². The molecule has 15 heavy (non-hydrogen) atoms. The van der Waals surface area contributed by atoms with Gasteiger partial charge < -0.3 is 4.74 Å². The summed E-state index contributed by atoms with van der Waals surface area (Å²) in [6.07, 6.45) is 1.08. The SMILES string of the molecule is CCC1(C)CC(=O)c2cc(F)ccc2O1. The maximum Gasteiger partial charge on any atom is 0.170 e. The first-order valence-corrected chi connectivity index (χ1v) is 5.06. The standard InChI is InChI=1S/C12H13FO2/c1-3-12(2)7-10(14)9-6-8(13)4-5-11(9)15-12/h4-6H,3,7H2,1-2H3. The molecule has 1 aromatic rings. The van der Waals surface area contributed by atoms with E-state index >= 15 is 0 Å². The van der Waals surface area contributed by atoms with Gasteiger partial charge in [-0.3, -0.25) is 4.79 Å². The molecule has 2 nitrogen and oxygen atoms in total. The molecule has 0 fully saturated rings. The van der Waals surface area contributed by atoms with Crippen molar-refractivity contribution in [3.63, 3.8) is 0 Å². The summed E-state index contributed by atoms with van der Waals surface area (Å²) in [6, 6.07) is 4.08. The topological polar surface area (TPSA) is 26.3 Å². The van der Waals surface area contributed by atoms with Gasteiger partial charge in [0.25, 0.3) is 0 Å². The van der Waals surface area contributed by atoms with Crippen LogP contribution in [0.2, 0.25) is 0 Å². The Morgan fingerprint density at radius 1 is 1.53 bits per heavy atom.